The van der Waals surface area contributed by atoms with Gasteiger partial charge in [-0.3, -0.25) is 14.4 Å². The van der Waals surface area contributed by atoms with E-state index in [9.17, 15) is 18.8 Å². The lowest BCUT2D eigenvalue weighted by Gasteiger charge is -2.07. The first-order valence-corrected chi connectivity index (χ1v) is 7.66. The van der Waals surface area contributed by atoms with Gasteiger partial charge in [0.2, 0.25) is 12.6 Å². The van der Waals surface area contributed by atoms with Crippen LogP contribution in [0.1, 0.15) is 20.7 Å². The largest absolute Gasteiger partial charge is 0.456 e. The molecule has 1 aliphatic heterocycles. The maximum Gasteiger partial charge on any atom is 0.325 e. The predicted molar refractivity (Wildman–Crippen MR) is 86.6 cm³/mol. The van der Waals surface area contributed by atoms with Crippen LogP contribution in [-0.2, 0) is 9.53 Å². The number of fused-ring (bicyclic) bond motifs is 1. The van der Waals surface area contributed by atoms with Crippen molar-refractivity contribution >= 4 is 17.7 Å². The zero-order valence-electron chi connectivity index (χ0n) is 13.5. The van der Waals surface area contributed by atoms with E-state index in [-0.39, 0.29) is 17.9 Å². The van der Waals surface area contributed by atoms with Gasteiger partial charge in [0.15, 0.2) is 18.1 Å². The summed E-state index contributed by atoms with van der Waals surface area (Å²) in [5.74, 6) is -1.71. The molecule has 1 amide bonds. The van der Waals surface area contributed by atoms with Crippen molar-refractivity contribution in [2.75, 3.05) is 19.9 Å². The standard InChI is InChI=1S/C18H14FNO6/c19-13-4-2-1-3-12(13)14(21)9-24-17(22)8-20-18(23)11-5-6-15-16(7-11)26-10-25-15/h1-7H,8-10H2,(H,20,23). The zero-order chi connectivity index (χ0) is 18.5. The number of nitrogens with one attached hydrogen (secondary N) is 1. The van der Waals surface area contributed by atoms with E-state index < -0.39 is 36.6 Å². The van der Waals surface area contributed by atoms with Gasteiger partial charge in [-0.05, 0) is 30.3 Å². The van der Waals surface area contributed by atoms with Gasteiger partial charge in [-0.1, -0.05) is 12.1 Å². The van der Waals surface area contributed by atoms with E-state index >= 15 is 0 Å². The molecule has 3 rings (SSSR count). The fourth-order valence-electron chi connectivity index (χ4n) is 2.25. The van der Waals surface area contributed by atoms with Gasteiger partial charge in [0, 0.05) is 5.56 Å². The number of hydrogen-bond donors (Lipinski definition) is 1. The van der Waals surface area contributed by atoms with Crippen LogP contribution in [0.3, 0.4) is 0 Å². The molecule has 0 radical (unpaired) electrons. The first kappa shape index (κ1) is 17.4. The Morgan fingerprint density at radius 2 is 1.85 bits per heavy atom. The fourth-order valence-corrected chi connectivity index (χ4v) is 2.25. The minimum Gasteiger partial charge on any atom is -0.456 e. The average molecular weight is 359 g/mol. The Balaban J connectivity index is 1.47. The highest BCUT2D eigenvalue weighted by Gasteiger charge is 2.17. The number of carbonyl (C=O) groups is 3. The second kappa shape index (κ2) is 7.64. The van der Waals surface area contributed by atoms with Gasteiger partial charge in [0.05, 0.1) is 5.56 Å². The molecule has 0 aliphatic carbocycles. The number of ketones is 1. The summed E-state index contributed by atoms with van der Waals surface area (Å²) < 4.78 is 28.5. The number of carbonyl (C=O) groups excluding carboxylic acids is 3. The number of amides is 1. The molecule has 26 heavy (non-hydrogen) atoms. The van der Waals surface area contributed by atoms with Gasteiger partial charge >= 0.3 is 5.97 Å². The Morgan fingerprint density at radius 1 is 1.08 bits per heavy atom. The third kappa shape index (κ3) is 3.97. The monoisotopic (exact) mass is 359 g/mol. The van der Waals surface area contributed by atoms with Crippen LogP contribution >= 0.6 is 0 Å². The summed E-state index contributed by atoms with van der Waals surface area (Å²) in [6, 6.07) is 9.99. The van der Waals surface area contributed by atoms with Crippen molar-refractivity contribution in [3.05, 3.63) is 59.4 Å². The summed E-state index contributed by atoms with van der Waals surface area (Å²) in [4.78, 5) is 35.5. The molecule has 0 saturated carbocycles. The summed E-state index contributed by atoms with van der Waals surface area (Å²) in [5, 5.41) is 2.37. The summed E-state index contributed by atoms with van der Waals surface area (Å²) in [5.41, 5.74) is 0.120. The van der Waals surface area contributed by atoms with Crippen molar-refractivity contribution in [2.45, 2.75) is 0 Å². The quantitative estimate of drug-likeness (QED) is 0.624. The molecule has 0 saturated heterocycles. The first-order valence-electron chi connectivity index (χ1n) is 7.66. The van der Waals surface area contributed by atoms with Crippen molar-refractivity contribution in [1.82, 2.24) is 5.32 Å². The average Bonchev–Trinajstić information content (AvgIpc) is 3.12. The SMILES string of the molecule is O=C(CNC(=O)c1ccc2c(c1)OCO2)OCC(=O)c1ccccc1F. The van der Waals surface area contributed by atoms with Crippen LogP contribution in [0.2, 0.25) is 0 Å². The molecule has 1 aliphatic rings. The number of halogens is 1. The first-order chi connectivity index (χ1) is 12.5. The highest BCUT2D eigenvalue weighted by atomic mass is 19.1. The maximum atomic E-state index is 13.5. The Kier molecular flexibility index (Phi) is 5.12. The van der Waals surface area contributed by atoms with E-state index in [0.717, 1.165) is 6.07 Å². The molecule has 2 aromatic carbocycles. The van der Waals surface area contributed by atoms with Crippen molar-refractivity contribution in [3.8, 4) is 11.5 Å². The van der Waals surface area contributed by atoms with Crippen molar-refractivity contribution in [2.24, 2.45) is 0 Å². The summed E-state index contributed by atoms with van der Waals surface area (Å²) >= 11 is 0. The zero-order valence-corrected chi connectivity index (χ0v) is 13.5. The molecule has 2 aromatic rings. The molecule has 0 aromatic heterocycles. The minimum absolute atomic E-state index is 0.0861. The van der Waals surface area contributed by atoms with Gasteiger partial charge in [-0.25, -0.2) is 4.39 Å². The Bertz CT molecular complexity index is 867. The van der Waals surface area contributed by atoms with Crippen LogP contribution in [-0.4, -0.2) is 37.6 Å². The number of Topliss-reactive ketones (excluding diaryl/α,β-unsaturated/α-hetero) is 1. The topological polar surface area (TPSA) is 90.9 Å². The Hall–Kier alpha value is -3.42. The highest BCUT2D eigenvalue weighted by molar-refractivity contribution is 5.99. The molecule has 134 valence electrons. The molecule has 0 bridgehead atoms. The fraction of sp³-hybridized carbons (Fsp3) is 0.167. The van der Waals surface area contributed by atoms with Crippen LogP contribution in [0, 0.1) is 5.82 Å². The smallest absolute Gasteiger partial charge is 0.325 e. The maximum absolute atomic E-state index is 13.5. The number of esters is 1. The number of benzene rings is 2. The Morgan fingerprint density at radius 3 is 2.65 bits per heavy atom. The van der Waals surface area contributed by atoms with E-state index in [0.29, 0.717) is 11.5 Å². The minimum atomic E-state index is -0.816. The van der Waals surface area contributed by atoms with Gasteiger partial charge in [-0.2, -0.15) is 0 Å². The number of ether oxygens (including phenoxy) is 3. The number of rotatable bonds is 6. The van der Waals surface area contributed by atoms with Gasteiger partial charge in [-0.15, -0.1) is 0 Å². The van der Waals surface area contributed by atoms with Crippen molar-refractivity contribution < 1.29 is 33.0 Å². The lowest BCUT2D eigenvalue weighted by molar-refractivity contribution is -0.141. The summed E-state index contributed by atoms with van der Waals surface area (Å²) in [7, 11) is 0. The van der Waals surface area contributed by atoms with E-state index in [1.807, 2.05) is 0 Å². The van der Waals surface area contributed by atoms with Crippen LogP contribution < -0.4 is 14.8 Å². The van der Waals surface area contributed by atoms with Gasteiger partial charge < -0.3 is 19.5 Å². The molecular formula is C18H14FNO6. The predicted octanol–water partition coefficient (Wildman–Crippen LogP) is 1.71. The summed E-state index contributed by atoms with van der Waals surface area (Å²) in [6.07, 6.45) is 0. The lowest BCUT2D eigenvalue weighted by atomic mass is 10.1. The highest BCUT2D eigenvalue weighted by Crippen LogP contribution is 2.32. The molecule has 1 N–H and O–H groups in total. The number of hydrogen-bond acceptors (Lipinski definition) is 6. The normalized spacial score (nSPS) is 11.7. The molecule has 0 atom stereocenters. The second-order valence-electron chi connectivity index (χ2n) is 5.31. The van der Waals surface area contributed by atoms with Crippen LogP contribution in [0.15, 0.2) is 42.5 Å². The Labute approximate surface area is 147 Å². The third-order valence-corrected chi connectivity index (χ3v) is 3.57. The van der Waals surface area contributed by atoms with Crippen molar-refractivity contribution in [1.29, 1.82) is 0 Å². The molecule has 0 spiro atoms. The van der Waals surface area contributed by atoms with E-state index in [1.165, 1.54) is 30.3 Å². The molecule has 8 heteroatoms. The van der Waals surface area contributed by atoms with E-state index in [4.69, 9.17) is 14.2 Å². The molecule has 0 unspecified atom stereocenters. The second-order valence-corrected chi connectivity index (χ2v) is 5.31. The molecule has 0 fully saturated rings. The van der Waals surface area contributed by atoms with Gasteiger partial charge in [0.25, 0.3) is 5.91 Å². The van der Waals surface area contributed by atoms with Gasteiger partial charge in [0.1, 0.15) is 12.4 Å². The molecule has 1 heterocycles. The van der Waals surface area contributed by atoms with Crippen LogP contribution in [0.5, 0.6) is 11.5 Å². The van der Waals surface area contributed by atoms with Crippen LogP contribution in [0.25, 0.3) is 0 Å². The van der Waals surface area contributed by atoms with E-state index in [2.05, 4.69) is 5.32 Å². The summed E-state index contributed by atoms with van der Waals surface area (Å²) in [6.45, 7) is -0.958. The van der Waals surface area contributed by atoms with Crippen molar-refractivity contribution in [3.63, 3.8) is 0 Å². The molecular weight excluding hydrogens is 345 g/mol. The third-order valence-electron chi connectivity index (χ3n) is 3.57. The van der Waals surface area contributed by atoms with Crippen LogP contribution in [0.4, 0.5) is 4.39 Å². The molecule has 7 nitrogen and oxygen atoms in total. The lowest BCUT2D eigenvalue weighted by Crippen LogP contribution is -2.31. The van der Waals surface area contributed by atoms with E-state index in [1.54, 1.807) is 6.07 Å².